The highest BCUT2D eigenvalue weighted by molar-refractivity contribution is 5.96. The second-order valence-electron chi connectivity index (χ2n) is 4.40. The molecule has 0 saturated heterocycles. The third-order valence-electron chi connectivity index (χ3n) is 2.81. The summed E-state index contributed by atoms with van der Waals surface area (Å²) in [6.45, 7) is 2.39. The Bertz CT molecular complexity index is 636. The third kappa shape index (κ3) is 3.41. The van der Waals surface area contributed by atoms with Crippen molar-refractivity contribution >= 4 is 11.9 Å². The van der Waals surface area contributed by atoms with Gasteiger partial charge in [0.1, 0.15) is 5.69 Å². The first-order valence-electron chi connectivity index (χ1n) is 6.09. The number of hydrogen-bond donors (Lipinski definition) is 2. The van der Waals surface area contributed by atoms with E-state index in [-0.39, 0.29) is 17.2 Å². The molecule has 102 valence electrons. The Morgan fingerprint density at radius 1 is 1.20 bits per heavy atom. The highest BCUT2D eigenvalue weighted by Gasteiger charge is 2.10. The predicted octanol–water partition coefficient (Wildman–Crippen LogP) is 2.02. The molecule has 5 heteroatoms. The summed E-state index contributed by atoms with van der Waals surface area (Å²) in [6, 6.07) is 10.5. The maximum atomic E-state index is 11.9. The van der Waals surface area contributed by atoms with Gasteiger partial charge in [0.25, 0.3) is 5.91 Å². The van der Waals surface area contributed by atoms with Crippen molar-refractivity contribution in [3.05, 3.63) is 65.0 Å². The summed E-state index contributed by atoms with van der Waals surface area (Å²) in [7, 11) is 0. The van der Waals surface area contributed by atoms with Crippen molar-refractivity contribution < 1.29 is 14.7 Å². The number of carboxylic acid groups (broad SMARTS) is 1. The van der Waals surface area contributed by atoms with Gasteiger partial charge in [0.15, 0.2) is 0 Å². The van der Waals surface area contributed by atoms with Crippen LogP contribution in [0.2, 0.25) is 0 Å². The summed E-state index contributed by atoms with van der Waals surface area (Å²) in [5.41, 5.74) is 2.27. The van der Waals surface area contributed by atoms with Crippen LogP contribution >= 0.6 is 0 Å². The van der Waals surface area contributed by atoms with Crippen LogP contribution in [0.4, 0.5) is 0 Å². The van der Waals surface area contributed by atoms with Crippen LogP contribution in [0.15, 0.2) is 42.6 Å². The Kier molecular flexibility index (Phi) is 4.10. The van der Waals surface area contributed by atoms with Crippen LogP contribution in [0.1, 0.15) is 32.0 Å². The number of nitrogens with one attached hydrogen (secondary N) is 1. The number of carbonyl (C=O) groups is 2. The Labute approximate surface area is 116 Å². The van der Waals surface area contributed by atoms with Crippen molar-refractivity contribution in [1.29, 1.82) is 0 Å². The number of aromatic nitrogens is 1. The molecule has 0 saturated carbocycles. The number of amides is 1. The van der Waals surface area contributed by atoms with Crippen LogP contribution in [0.3, 0.4) is 0 Å². The van der Waals surface area contributed by atoms with E-state index in [4.69, 9.17) is 5.11 Å². The van der Waals surface area contributed by atoms with E-state index >= 15 is 0 Å². The van der Waals surface area contributed by atoms with Gasteiger partial charge in [0.05, 0.1) is 0 Å². The lowest BCUT2D eigenvalue weighted by molar-refractivity contribution is 0.0690. The minimum Gasteiger partial charge on any atom is -0.477 e. The fourth-order valence-electron chi connectivity index (χ4n) is 1.68. The molecule has 0 atom stereocenters. The normalized spacial score (nSPS) is 10.1. The van der Waals surface area contributed by atoms with Crippen LogP contribution in [0.25, 0.3) is 0 Å². The van der Waals surface area contributed by atoms with Crippen LogP contribution in [-0.4, -0.2) is 22.0 Å². The van der Waals surface area contributed by atoms with Gasteiger partial charge in [-0.15, -0.1) is 0 Å². The van der Waals surface area contributed by atoms with Crippen LogP contribution in [-0.2, 0) is 6.54 Å². The molecule has 20 heavy (non-hydrogen) atoms. The van der Waals surface area contributed by atoms with Gasteiger partial charge in [-0.25, -0.2) is 9.78 Å². The predicted molar refractivity (Wildman–Crippen MR) is 73.5 cm³/mol. The monoisotopic (exact) mass is 270 g/mol. The second kappa shape index (κ2) is 5.97. The van der Waals surface area contributed by atoms with E-state index in [9.17, 15) is 9.59 Å². The molecule has 1 heterocycles. The van der Waals surface area contributed by atoms with Gasteiger partial charge in [0, 0.05) is 18.3 Å². The number of aromatic carboxylic acids is 1. The van der Waals surface area contributed by atoms with Crippen LogP contribution < -0.4 is 5.32 Å². The molecule has 2 N–H and O–H groups in total. The standard InChI is InChI=1S/C15H14N2O3/c1-10-2-4-11(5-3-10)9-17-14(18)12-6-7-16-13(8-12)15(19)20/h2-8H,9H2,1H3,(H,17,18)(H,19,20). The second-order valence-corrected chi connectivity index (χ2v) is 4.40. The number of hydrogen-bond acceptors (Lipinski definition) is 3. The summed E-state index contributed by atoms with van der Waals surface area (Å²) in [5, 5.41) is 11.6. The fraction of sp³-hybridized carbons (Fsp3) is 0.133. The molecule has 0 unspecified atom stereocenters. The molecule has 0 aliphatic heterocycles. The molecule has 0 aliphatic rings. The van der Waals surface area contributed by atoms with E-state index in [1.54, 1.807) is 0 Å². The van der Waals surface area contributed by atoms with Gasteiger partial charge in [-0.2, -0.15) is 0 Å². The van der Waals surface area contributed by atoms with Crippen molar-refractivity contribution in [2.75, 3.05) is 0 Å². The van der Waals surface area contributed by atoms with Gasteiger partial charge >= 0.3 is 5.97 Å². The Morgan fingerprint density at radius 3 is 2.55 bits per heavy atom. The Morgan fingerprint density at radius 2 is 1.90 bits per heavy atom. The van der Waals surface area contributed by atoms with Crippen molar-refractivity contribution in [2.45, 2.75) is 13.5 Å². The molecule has 0 fully saturated rings. The average molecular weight is 270 g/mol. The Hall–Kier alpha value is -2.69. The molecule has 0 spiro atoms. The van der Waals surface area contributed by atoms with Gasteiger partial charge in [-0.05, 0) is 24.6 Å². The summed E-state index contributed by atoms with van der Waals surface area (Å²) in [4.78, 5) is 26.4. The van der Waals surface area contributed by atoms with Crippen LogP contribution in [0.5, 0.6) is 0 Å². The van der Waals surface area contributed by atoms with Gasteiger partial charge in [0.2, 0.25) is 0 Å². The molecule has 1 amide bonds. The lowest BCUT2D eigenvalue weighted by atomic mass is 10.1. The van der Waals surface area contributed by atoms with E-state index in [1.807, 2.05) is 31.2 Å². The number of pyridine rings is 1. The van der Waals surface area contributed by atoms with E-state index in [0.29, 0.717) is 6.54 Å². The molecule has 0 radical (unpaired) electrons. The summed E-state index contributed by atoms with van der Waals surface area (Å²) >= 11 is 0. The van der Waals surface area contributed by atoms with E-state index in [1.165, 1.54) is 18.3 Å². The van der Waals surface area contributed by atoms with Crippen molar-refractivity contribution in [1.82, 2.24) is 10.3 Å². The van der Waals surface area contributed by atoms with Crippen molar-refractivity contribution in [3.63, 3.8) is 0 Å². The number of benzene rings is 1. The molecule has 0 aliphatic carbocycles. The minimum atomic E-state index is -1.15. The molecule has 1 aromatic carbocycles. The summed E-state index contributed by atoms with van der Waals surface area (Å²) in [5.74, 6) is -1.48. The minimum absolute atomic E-state index is 0.145. The number of rotatable bonds is 4. The summed E-state index contributed by atoms with van der Waals surface area (Å²) < 4.78 is 0. The van der Waals surface area contributed by atoms with E-state index in [0.717, 1.165) is 11.1 Å². The molecule has 1 aromatic heterocycles. The summed E-state index contributed by atoms with van der Waals surface area (Å²) in [6.07, 6.45) is 1.31. The molecule has 5 nitrogen and oxygen atoms in total. The van der Waals surface area contributed by atoms with Gasteiger partial charge in [-0.1, -0.05) is 29.8 Å². The lowest BCUT2D eigenvalue weighted by Crippen LogP contribution is -2.23. The largest absolute Gasteiger partial charge is 0.477 e. The quantitative estimate of drug-likeness (QED) is 0.890. The van der Waals surface area contributed by atoms with Gasteiger partial charge in [-0.3, -0.25) is 4.79 Å². The molecular weight excluding hydrogens is 256 g/mol. The zero-order chi connectivity index (χ0) is 14.5. The molecule has 2 rings (SSSR count). The van der Waals surface area contributed by atoms with Crippen molar-refractivity contribution in [3.8, 4) is 0 Å². The maximum Gasteiger partial charge on any atom is 0.354 e. The van der Waals surface area contributed by atoms with Gasteiger partial charge < -0.3 is 10.4 Å². The topological polar surface area (TPSA) is 79.3 Å². The van der Waals surface area contributed by atoms with E-state index in [2.05, 4.69) is 10.3 Å². The van der Waals surface area contributed by atoms with Crippen LogP contribution in [0, 0.1) is 6.92 Å². The highest BCUT2D eigenvalue weighted by Crippen LogP contribution is 2.05. The van der Waals surface area contributed by atoms with E-state index < -0.39 is 5.97 Å². The molecule has 0 bridgehead atoms. The lowest BCUT2D eigenvalue weighted by Gasteiger charge is -2.06. The smallest absolute Gasteiger partial charge is 0.354 e. The number of carbonyl (C=O) groups excluding carboxylic acids is 1. The zero-order valence-electron chi connectivity index (χ0n) is 11.0. The first kappa shape index (κ1) is 13.7. The number of carboxylic acids is 1. The first-order chi connectivity index (χ1) is 9.56. The zero-order valence-corrected chi connectivity index (χ0v) is 11.0. The maximum absolute atomic E-state index is 11.9. The number of nitrogens with zero attached hydrogens (tertiary/aromatic N) is 1. The SMILES string of the molecule is Cc1ccc(CNC(=O)c2ccnc(C(=O)O)c2)cc1. The first-order valence-corrected chi connectivity index (χ1v) is 6.09. The Balaban J connectivity index is 2.03. The van der Waals surface area contributed by atoms with Crippen molar-refractivity contribution in [2.24, 2.45) is 0 Å². The third-order valence-corrected chi connectivity index (χ3v) is 2.81. The molecule has 2 aromatic rings. The number of aryl methyl sites for hydroxylation is 1. The molecular formula is C15H14N2O3. The average Bonchev–Trinajstić information content (AvgIpc) is 2.46. The highest BCUT2D eigenvalue weighted by atomic mass is 16.4. The fourth-order valence-corrected chi connectivity index (χ4v) is 1.68.